The zero-order valence-corrected chi connectivity index (χ0v) is 20.3. The number of hydrogen-bond acceptors (Lipinski definition) is 3. The van der Waals surface area contributed by atoms with Gasteiger partial charge in [-0.15, -0.1) is 0 Å². The maximum Gasteiger partial charge on any atom is 0.131 e. The molecule has 0 radical (unpaired) electrons. The summed E-state index contributed by atoms with van der Waals surface area (Å²) in [7, 11) is 0. The predicted molar refractivity (Wildman–Crippen MR) is 133 cm³/mol. The maximum absolute atomic E-state index is 9.72. The average molecular weight is 432 g/mol. The van der Waals surface area contributed by atoms with Crippen molar-refractivity contribution in [1.82, 2.24) is 9.97 Å². The second kappa shape index (κ2) is 12.7. The normalized spacial score (nSPS) is 20.7. The van der Waals surface area contributed by atoms with Gasteiger partial charge in [0.2, 0.25) is 0 Å². The number of nitriles is 1. The van der Waals surface area contributed by atoms with E-state index < -0.39 is 0 Å². The topological polar surface area (TPSA) is 49.6 Å². The Kier molecular flexibility index (Phi) is 9.72. The summed E-state index contributed by atoms with van der Waals surface area (Å²) < 4.78 is 0. The number of rotatable bonds is 12. The van der Waals surface area contributed by atoms with Crippen molar-refractivity contribution in [2.24, 2.45) is 5.41 Å². The van der Waals surface area contributed by atoms with Crippen LogP contribution in [-0.4, -0.2) is 9.97 Å². The van der Waals surface area contributed by atoms with Gasteiger partial charge < -0.3 is 0 Å². The van der Waals surface area contributed by atoms with Crippen molar-refractivity contribution in [3.05, 3.63) is 48.0 Å². The Morgan fingerprint density at radius 3 is 2.09 bits per heavy atom. The molecular formula is C29H41N3. The van der Waals surface area contributed by atoms with E-state index in [1.165, 1.54) is 56.1 Å². The molecule has 1 aromatic heterocycles. The smallest absolute Gasteiger partial charge is 0.131 e. The van der Waals surface area contributed by atoms with Crippen LogP contribution in [0.4, 0.5) is 0 Å². The van der Waals surface area contributed by atoms with E-state index in [2.05, 4.69) is 44.2 Å². The molecule has 1 heterocycles. The summed E-state index contributed by atoms with van der Waals surface area (Å²) in [5, 5.41) is 9.72. The first kappa shape index (κ1) is 24.4. The third-order valence-electron chi connectivity index (χ3n) is 7.33. The summed E-state index contributed by atoms with van der Waals surface area (Å²) in [6.45, 7) is 4.47. The molecule has 3 nitrogen and oxygen atoms in total. The van der Waals surface area contributed by atoms with Gasteiger partial charge in [-0.05, 0) is 56.1 Å². The van der Waals surface area contributed by atoms with Crippen molar-refractivity contribution in [2.45, 2.75) is 110 Å². The highest BCUT2D eigenvalue weighted by molar-refractivity contribution is 5.61. The van der Waals surface area contributed by atoms with Crippen LogP contribution in [0.15, 0.2) is 36.7 Å². The van der Waals surface area contributed by atoms with Gasteiger partial charge in [0, 0.05) is 23.9 Å². The van der Waals surface area contributed by atoms with E-state index in [1.807, 2.05) is 12.4 Å². The monoisotopic (exact) mass is 431 g/mol. The van der Waals surface area contributed by atoms with Crippen molar-refractivity contribution in [3.8, 4) is 17.2 Å². The van der Waals surface area contributed by atoms with Gasteiger partial charge in [-0.3, -0.25) is 0 Å². The van der Waals surface area contributed by atoms with E-state index >= 15 is 0 Å². The molecule has 1 fully saturated rings. The van der Waals surface area contributed by atoms with Crippen molar-refractivity contribution in [3.63, 3.8) is 0 Å². The van der Waals surface area contributed by atoms with Gasteiger partial charge in [0.25, 0.3) is 0 Å². The van der Waals surface area contributed by atoms with Crippen LogP contribution in [0.25, 0.3) is 11.1 Å². The molecule has 1 saturated carbocycles. The van der Waals surface area contributed by atoms with Gasteiger partial charge in [0.1, 0.15) is 5.82 Å². The lowest BCUT2D eigenvalue weighted by Crippen LogP contribution is -2.26. The number of aromatic nitrogens is 2. The van der Waals surface area contributed by atoms with Crippen LogP contribution in [0, 0.1) is 16.7 Å². The molecule has 0 saturated heterocycles. The molecule has 0 unspecified atom stereocenters. The molecule has 3 heteroatoms. The molecule has 0 atom stereocenters. The Morgan fingerprint density at radius 2 is 1.47 bits per heavy atom. The van der Waals surface area contributed by atoms with E-state index in [4.69, 9.17) is 9.97 Å². The quantitative estimate of drug-likeness (QED) is 0.317. The van der Waals surface area contributed by atoms with Crippen LogP contribution in [0.2, 0.25) is 0 Å². The zero-order valence-electron chi connectivity index (χ0n) is 20.3. The molecule has 0 N–H and O–H groups in total. The standard InChI is InChI=1S/C29H41N3/c1-3-5-7-8-9-10-11-24-12-14-25(15-13-24)27-21-31-28(32-22-27)26-16-19-29(23-30,20-17-26)18-6-4-2/h12-15,21-22,26H,3-11,16-20H2,1-2H3/t26-,29-. The summed E-state index contributed by atoms with van der Waals surface area (Å²) in [5.74, 6) is 1.35. The molecule has 1 aromatic carbocycles. The SMILES string of the molecule is CCCCCCCCc1ccc(-c2cnc([C@H]3CC[C@@](C#N)(CCCC)CC3)nc2)cc1. The fraction of sp³-hybridized carbons (Fsp3) is 0.621. The Labute approximate surface area is 195 Å². The summed E-state index contributed by atoms with van der Waals surface area (Å²) in [5.41, 5.74) is 3.59. The van der Waals surface area contributed by atoms with Gasteiger partial charge in [-0.25, -0.2) is 9.97 Å². The molecule has 3 rings (SSSR count). The predicted octanol–water partition coefficient (Wildman–Crippen LogP) is 8.40. The Hall–Kier alpha value is -2.21. The number of nitrogens with zero attached hydrogens (tertiary/aromatic N) is 3. The molecular weight excluding hydrogens is 390 g/mol. The minimum absolute atomic E-state index is 0.107. The molecule has 1 aliphatic rings. The average Bonchev–Trinajstić information content (AvgIpc) is 2.86. The fourth-order valence-electron chi connectivity index (χ4n) is 5.03. The van der Waals surface area contributed by atoms with Crippen molar-refractivity contribution in [2.75, 3.05) is 0 Å². The minimum atomic E-state index is -0.107. The largest absolute Gasteiger partial charge is 0.240 e. The zero-order chi connectivity index (χ0) is 22.7. The lowest BCUT2D eigenvalue weighted by Gasteiger charge is -2.34. The van der Waals surface area contributed by atoms with Crippen LogP contribution < -0.4 is 0 Å². The second-order valence-corrected chi connectivity index (χ2v) is 9.81. The molecule has 0 spiro atoms. The van der Waals surface area contributed by atoms with Crippen molar-refractivity contribution >= 4 is 0 Å². The summed E-state index contributed by atoms with van der Waals surface area (Å²) in [6, 6.07) is 11.6. The van der Waals surface area contributed by atoms with E-state index in [0.717, 1.165) is 56.3 Å². The van der Waals surface area contributed by atoms with E-state index in [0.29, 0.717) is 5.92 Å². The third-order valence-corrected chi connectivity index (χ3v) is 7.33. The lowest BCUT2D eigenvalue weighted by molar-refractivity contribution is 0.221. The Balaban J connectivity index is 1.50. The van der Waals surface area contributed by atoms with Crippen LogP contribution in [-0.2, 0) is 6.42 Å². The number of hydrogen-bond donors (Lipinski definition) is 0. The van der Waals surface area contributed by atoms with Crippen molar-refractivity contribution in [1.29, 1.82) is 5.26 Å². The fourth-order valence-corrected chi connectivity index (χ4v) is 5.03. The van der Waals surface area contributed by atoms with Gasteiger partial charge in [-0.1, -0.05) is 83.1 Å². The van der Waals surface area contributed by atoms with Crippen LogP contribution in [0.1, 0.15) is 115 Å². The molecule has 172 valence electrons. The van der Waals surface area contributed by atoms with Crippen LogP contribution >= 0.6 is 0 Å². The highest BCUT2D eigenvalue weighted by Crippen LogP contribution is 2.44. The molecule has 0 amide bonds. The summed E-state index contributed by atoms with van der Waals surface area (Å²) in [4.78, 5) is 9.46. The Bertz CT molecular complexity index is 824. The minimum Gasteiger partial charge on any atom is -0.240 e. The molecule has 2 aromatic rings. The Morgan fingerprint density at radius 1 is 0.844 bits per heavy atom. The lowest BCUT2D eigenvalue weighted by atomic mass is 9.68. The van der Waals surface area contributed by atoms with Gasteiger partial charge in [-0.2, -0.15) is 5.26 Å². The van der Waals surface area contributed by atoms with Gasteiger partial charge in [0.15, 0.2) is 0 Å². The first-order valence-corrected chi connectivity index (χ1v) is 13.0. The first-order valence-electron chi connectivity index (χ1n) is 13.0. The summed E-state index contributed by atoms with van der Waals surface area (Å²) in [6.07, 6.45) is 20.6. The van der Waals surface area contributed by atoms with Gasteiger partial charge in [0.05, 0.1) is 11.5 Å². The summed E-state index contributed by atoms with van der Waals surface area (Å²) >= 11 is 0. The first-order chi connectivity index (χ1) is 15.7. The third kappa shape index (κ3) is 6.89. The molecule has 1 aliphatic carbocycles. The maximum atomic E-state index is 9.72. The molecule has 0 aliphatic heterocycles. The number of benzene rings is 1. The van der Waals surface area contributed by atoms with E-state index in [9.17, 15) is 5.26 Å². The highest BCUT2D eigenvalue weighted by Gasteiger charge is 2.36. The van der Waals surface area contributed by atoms with Crippen LogP contribution in [0.5, 0.6) is 0 Å². The van der Waals surface area contributed by atoms with E-state index in [-0.39, 0.29) is 5.41 Å². The van der Waals surface area contributed by atoms with E-state index in [1.54, 1.807) is 0 Å². The number of aryl methyl sites for hydroxylation is 1. The molecule has 32 heavy (non-hydrogen) atoms. The molecule has 0 bridgehead atoms. The second-order valence-electron chi connectivity index (χ2n) is 9.81. The van der Waals surface area contributed by atoms with Crippen LogP contribution in [0.3, 0.4) is 0 Å². The number of unbranched alkanes of at least 4 members (excludes halogenated alkanes) is 6. The van der Waals surface area contributed by atoms with Crippen molar-refractivity contribution < 1.29 is 0 Å². The highest BCUT2D eigenvalue weighted by atomic mass is 14.9. The van der Waals surface area contributed by atoms with Gasteiger partial charge >= 0.3 is 0 Å².